The number of nitrogens with one attached hydrogen (secondary N) is 1. The molecule has 0 heterocycles. The number of nitro benzene ring substituents is 1. The largest absolute Gasteiger partial charge is 0.272 e. The Hall–Kier alpha value is -1.06. The normalized spacial score (nSPS) is 11.8. The minimum absolute atomic E-state index is 0.0278. The van der Waals surface area contributed by atoms with Gasteiger partial charge in [0.2, 0.25) is 10.0 Å². The van der Waals surface area contributed by atoms with Crippen LogP contribution in [-0.2, 0) is 10.0 Å². The Kier molecular flexibility index (Phi) is 4.99. The predicted molar refractivity (Wildman–Crippen MR) is 70.8 cm³/mol. The zero-order valence-corrected chi connectivity index (χ0v) is 12.6. The van der Waals surface area contributed by atoms with E-state index in [-0.39, 0.29) is 16.9 Å². The van der Waals surface area contributed by atoms with Crippen LogP contribution in [0.25, 0.3) is 0 Å². The van der Waals surface area contributed by atoms with Crippen LogP contribution in [0.4, 0.5) is 10.1 Å². The third-order valence-corrected chi connectivity index (χ3v) is 4.16. The van der Waals surface area contributed by atoms with Crippen molar-refractivity contribution in [1.82, 2.24) is 4.72 Å². The summed E-state index contributed by atoms with van der Waals surface area (Å²) >= 11 is 2.77. The predicted octanol–water partition coefficient (Wildman–Crippen LogP) is 2.43. The Morgan fingerprint density at radius 3 is 2.53 bits per heavy atom. The second-order valence-electron chi connectivity index (χ2n) is 4.24. The van der Waals surface area contributed by atoms with Crippen LogP contribution in [0.3, 0.4) is 0 Å². The van der Waals surface area contributed by atoms with Crippen LogP contribution >= 0.6 is 15.9 Å². The Balaban J connectivity index is 3.29. The number of rotatable bonds is 5. The maximum absolute atomic E-state index is 13.8. The highest BCUT2D eigenvalue weighted by Crippen LogP contribution is 2.28. The molecule has 0 saturated carbocycles. The molecule has 19 heavy (non-hydrogen) atoms. The maximum Gasteiger partial charge on any atom is 0.272 e. The molecule has 0 amide bonds. The molecule has 0 atom stereocenters. The molecule has 0 aliphatic heterocycles. The summed E-state index contributed by atoms with van der Waals surface area (Å²) in [5.41, 5.74) is -0.502. The molecule has 0 fully saturated rings. The zero-order chi connectivity index (χ0) is 14.8. The van der Waals surface area contributed by atoms with Crippen molar-refractivity contribution < 1.29 is 17.7 Å². The molecule has 1 aromatic rings. The smallest absolute Gasteiger partial charge is 0.258 e. The van der Waals surface area contributed by atoms with Crippen LogP contribution in [0.15, 0.2) is 21.5 Å². The van der Waals surface area contributed by atoms with E-state index in [2.05, 4.69) is 20.7 Å². The average Bonchev–Trinajstić information content (AvgIpc) is 2.29. The molecule has 0 aliphatic rings. The second kappa shape index (κ2) is 5.93. The van der Waals surface area contributed by atoms with Gasteiger partial charge < -0.3 is 0 Å². The number of hydrogen-bond acceptors (Lipinski definition) is 4. The van der Waals surface area contributed by atoms with Crippen molar-refractivity contribution in [2.45, 2.75) is 18.7 Å². The molecule has 1 rings (SSSR count). The maximum atomic E-state index is 13.8. The molecule has 1 N–H and O–H groups in total. The summed E-state index contributed by atoms with van der Waals surface area (Å²) in [6.07, 6.45) is 0. The Bertz CT molecular complexity index is 604. The fourth-order valence-corrected chi connectivity index (χ4v) is 3.11. The average molecular weight is 355 g/mol. The topological polar surface area (TPSA) is 89.3 Å². The highest BCUT2D eigenvalue weighted by molar-refractivity contribution is 9.10. The van der Waals surface area contributed by atoms with Gasteiger partial charge in [0.05, 0.1) is 9.40 Å². The molecule has 1 aromatic carbocycles. The lowest BCUT2D eigenvalue weighted by molar-refractivity contribution is -0.385. The molecule has 6 nitrogen and oxygen atoms in total. The quantitative estimate of drug-likeness (QED) is 0.649. The van der Waals surface area contributed by atoms with Gasteiger partial charge in [0.15, 0.2) is 5.82 Å². The molecule has 0 aliphatic carbocycles. The Morgan fingerprint density at radius 2 is 2.05 bits per heavy atom. The number of non-ortho nitro benzene ring substituents is 1. The Labute approximate surface area is 118 Å². The molecule has 0 unspecified atom stereocenters. The molecule has 9 heteroatoms. The first-order valence-corrected chi connectivity index (χ1v) is 7.56. The van der Waals surface area contributed by atoms with E-state index in [0.717, 1.165) is 6.07 Å². The van der Waals surface area contributed by atoms with Crippen molar-refractivity contribution in [2.75, 3.05) is 6.54 Å². The SMILES string of the molecule is CC(C)CNS(=O)(=O)c1cc([N+](=O)[O-])cc(Br)c1F. The fraction of sp³-hybridized carbons (Fsp3) is 0.400. The summed E-state index contributed by atoms with van der Waals surface area (Å²) in [6, 6.07) is 1.61. The second-order valence-corrected chi connectivity index (χ2v) is 6.83. The third-order valence-electron chi connectivity index (χ3n) is 2.16. The molecule has 0 spiro atoms. The Morgan fingerprint density at radius 1 is 1.47 bits per heavy atom. The van der Waals surface area contributed by atoms with E-state index in [1.807, 2.05) is 0 Å². The van der Waals surface area contributed by atoms with Gasteiger partial charge in [-0.3, -0.25) is 10.1 Å². The number of halogens is 2. The van der Waals surface area contributed by atoms with E-state index in [1.165, 1.54) is 0 Å². The van der Waals surface area contributed by atoms with Crippen molar-refractivity contribution >= 4 is 31.6 Å². The number of nitrogens with zero attached hydrogens (tertiary/aromatic N) is 1. The van der Waals surface area contributed by atoms with E-state index in [9.17, 15) is 22.9 Å². The van der Waals surface area contributed by atoms with Crippen LogP contribution in [0.5, 0.6) is 0 Å². The van der Waals surface area contributed by atoms with E-state index < -0.39 is 31.3 Å². The van der Waals surface area contributed by atoms with Crippen molar-refractivity contribution in [1.29, 1.82) is 0 Å². The van der Waals surface area contributed by atoms with Gasteiger partial charge in [0, 0.05) is 18.7 Å². The van der Waals surface area contributed by atoms with Gasteiger partial charge in [-0.2, -0.15) is 0 Å². The molecular formula is C10H12BrFN2O4S. The van der Waals surface area contributed by atoms with Gasteiger partial charge in [0.1, 0.15) is 4.90 Å². The van der Waals surface area contributed by atoms with Gasteiger partial charge in [0.25, 0.3) is 5.69 Å². The highest BCUT2D eigenvalue weighted by atomic mass is 79.9. The van der Waals surface area contributed by atoms with E-state index >= 15 is 0 Å². The molecule has 0 bridgehead atoms. The third kappa shape index (κ3) is 3.95. The summed E-state index contributed by atoms with van der Waals surface area (Å²) < 4.78 is 39.5. The summed E-state index contributed by atoms with van der Waals surface area (Å²) in [4.78, 5) is 9.13. The van der Waals surface area contributed by atoms with Gasteiger partial charge in [-0.15, -0.1) is 0 Å². The molecule has 106 valence electrons. The first-order chi connectivity index (χ1) is 8.65. The minimum atomic E-state index is -4.12. The van der Waals surface area contributed by atoms with Crippen molar-refractivity contribution in [3.05, 3.63) is 32.5 Å². The lowest BCUT2D eigenvalue weighted by atomic mass is 10.2. The molecular weight excluding hydrogens is 343 g/mol. The summed E-state index contributed by atoms with van der Waals surface area (Å²) in [5.74, 6) is -1.03. The van der Waals surface area contributed by atoms with E-state index in [0.29, 0.717) is 6.07 Å². The molecule has 0 aromatic heterocycles. The summed E-state index contributed by atoms with van der Waals surface area (Å²) in [5, 5.41) is 10.7. The van der Waals surface area contributed by atoms with Gasteiger partial charge >= 0.3 is 0 Å². The van der Waals surface area contributed by atoms with Crippen molar-refractivity contribution in [3.8, 4) is 0 Å². The van der Waals surface area contributed by atoms with Crippen molar-refractivity contribution in [3.63, 3.8) is 0 Å². The van der Waals surface area contributed by atoms with Gasteiger partial charge in [-0.25, -0.2) is 17.5 Å². The first-order valence-electron chi connectivity index (χ1n) is 5.28. The standard InChI is InChI=1S/C10H12BrFN2O4S/c1-6(2)5-13-19(17,18)9-4-7(14(15)16)3-8(11)10(9)12/h3-4,6,13H,5H2,1-2H3. The number of hydrogen-bond donors (Lipinski definition) is 1. The summed E-state index contributed by atoms with van der Waals surface area (Å²) in [6.45, 7) is 3.67. The first kappa shape index (κ1) is 16.0. The lowest BCUT2D eigenvalue weighted by Gasteiger charge is -2.10. The molecule has 0 radical (unpaired) electrons. The van der Waals surface area contributed by atoms with Crippen LogP contribution in [0.1, 0.15) is 13.8 Å². The van der Waals surface area contributed by atoms with E-state index in [4.69, 9.17) is 0 Å². The van der Waals surface area contributed by atoms with Gasteiger partial charge in [-0.05, 0) is 21.8 Å². The van der Waals surface area contributed by atoms with Crippen LogP contribution in [0, 0.1) is 21.8 Å². The van der Waals surface area contributed by atoms with E-state index in [1.54, 1.807) is 13.8 Å². The highest BCUT2D eigenvalue weighted by Gasteiger charge is 2.25. The number of benzene rings is 1. The van der Waals surface area contributed by atoms with Gasteiger partial charge in [-0.1, -0.05) is 13.8 Å². The molecule has 0 saturated heterocycles. The zero-order valence-electron chi connectivity index (χ0n) is 10.2. The van der Waals surface area contributed by atoms with Crippen LogP contribution < -0.4 is 4.72 Å². The monoisotopic (exact) mass is 354 g/mol. The lowest BCUT2D eigenvalue weighted by Crippen LogP contribution is -2.28. The number of sulfonamides is 1. The van der Waals surface area contributed by atoms with Crippen molar-refractivity contribution in [2.24, 2.45) is 5.92 Å². The van der Waals surface area contributed by atoms with Crippen LogP contribution in [0.2, 0.25) is 0 Å². The number of nitro groups is 1. The fourth-order valence-electron chi connectivity index (χ4n) is 1.21. The van der Waals surface area contributed by atoms with Crippen LogP contribution in [-0.4, -0.2) is 19.9 Å². The minimum Gasteiger partial charge on any atom is -0.258 e. The summed E-state index contributed by atoms with van der Waals surface area (Å²) in [7, 11) is -4.12.